The molecule has 1 saturated heterocycles. The molecule has 1 N–H and O–H groups in total. The molecule has 0 bridgehead atoms. The van der Waals surface area contributed by atoms with Gasteiger partial charge in [-0.05, 0) is 62.9 Å². The van der Waals surface area contributed by atoms with Crippen LogP contribution in [-0.4, -0.2) is 57.5 Å². The number of nitrogens with one attached hydrogen (secondary N) is 1. The van der Waals surface area contributed by atoms with Gasteiger partial charge >= 0.3 is 6.03 Å². The number of rotatable bonds is 3. The van der Waals surface area contributed by atoms with Crippen molar-refractivity contribution in [2.24, 2.45) is 0 Å². The number of nitrogens with zero attached hydrogens (tertiary/aromatic N) is 3. The Kier molecular flexibility index (Phi) is 5.99. The van der Waals surface area contributed by atoms with Gasteiger partial charge in [0.2, 0.25) is 0 Å². The lowest BCUT2D eigenvalue weighted by Crippen LogP contribution is -2.59. The molecule has 1 aliphatic rings. The summed E-state index contributed by atoms with van der Waals surface area (Å²) >= 11 is 1.59. The summed E-state index contributed by atoms with van der Waals surface area (Å²) in [5, 5.41) is 6.04. The van der Waals surface area contributed by atoms with E-state index in [4.69, 9.17) is 0 Å². The van der Waals surface area contributed by atoms with Crippen molar-refractivity contribution < 1.29 is 14.0 Å². The summed E-state index contributed by atoms with van der Waals surface area (Å²) in [6.45, 7) is 9.78. The van der Waals surface area contributed by atoms with E-state index < -0.39 is 0 Å². The van der Waals surface area contributed by atoms with Crippen molar-refractivity contribution >= 4 is 33.5 Å². The number of amides is 3. The first-order valence-corrected chi connectivity index (χ1v) is 11.7. The van der Waals surface area contributed by atoms with Crippen LogP contribution in [0.5, 0.6) is 0 Å². The number of halogens is 1. The Balaban J connectivity index is 1.54. The fourth-order valence-corrected chi connectivity index (χ4v) is 4.98. The first kappa shape index (κ1) is 22.3. The number of aromatic nitrogens is 1. The number of piperazine rings is 1. The maximum Gasteiger partial charge on any atom is 0.318 e. The van der Waals surface area contributed by atoms with Crippen molar-refractivity contribution in [1.29, 1.82) is 0 Å². The van der Waals surface area contributed by atoms with Crippen LogP contribution in [0.15, 0.2) is 41.8 Å². The quantitative estimate of drug-likeness (QED) is 0.629. The van der Waals surface area contributed by atoms with Gasteiger partial charge in [0.25, 0.3) is 5.91 Å². The van der Waals surface area contributed by atoms with Crippen LogP contribution in [0.25, 0.3) is 10.2 Å². The summed E-state index contributed by atoms with van der Waals surface area (Å²) in [4.78, 5) is 30.8. The van der Waals surface area contributed by atoms with Crippen LogP contribution >= 0.6 is 11.3 Å². The molecule has 1 fully saturated rings. The lowest BCUT2D eigenvalue weighted by Gasteiger charge is -2.41. The molecule has 2 aromatic heterocycles. The molecule has 32 heavy (non-hydrogen) atoms. The van der Waals surface area contributed by atoms with E-state index in [2.05, 4.69) is 5.32 Å². The van der Waals surface area contributed by atoms with E-state index in [1.807, 2.05) is 54.7 Å². The van der Waals surface area contributed by atoms with Crippen LogP contribution in [0.3, 0.4) is 0 Å². The lowest BCUT2D eigenvalue weighted by molar-refractivity contribution is 0.0564. The first-order valence-electron chi connectivity index (χ1n) is 10.8. The lowest BCUT2D eigenvalue weighted by atomic mass is 10.1. The van der Waals surface area contributed by atoms with Gasteiger partial charge in [-0.1, -0.05) is 12.1 Å². The summed E-state index contributed by atoms with van der Waals surface area (Å²) in [5.41, 5.74) is 1.25. The van der Waals surface area contributed by atoms with Gasteiger partial charge in [-0.15, -0.1) is 11.3 Å². The molecule has 8 heteroatoms. The molecule has 170 valence electrons. The smallest absolute Gasteiger partial charge is 0.318 e. The second kappa shape index (κ2) is 8.58. The Morgan fingerprint density at radius 2 is 1.88 bits per heavy atom. The van der Waals surface area contributed by atoms with E-state index in [0.29, 0.717) is 31.9 Å². The van der Waals surface area contributed by atoms with Crippen molar-refractivity contribution in [3.05, 3.63) is 58.9 Å². The minimum atomic E-state index is -0.309. The molecule has 0 aliphatic carbocycles. The van der Waals surface area contributed by atoms with E-state index >= 15 is 0 Å². The SMILES string of the molecule is C[C@@H]1CN(C(=O)c2cc3ccsc3n2Cc2ccc(F)cc2)CCN1C(=O)NC(C)(C)C. The Morgan fingerprint density at radius 1 is 1.16 bits per heavy atom. The van der Waals surface area contributed by atoms with Crippen LogP contribution in [0.4, 0.5) is 9.18 Å². The zero-order valence-corrected chi connectivity index (χ0v) is 19.7. The van der Waals surface area contributed by atoms with Gasteiger partial charge in [-0.3, -0.25) is 4.79 Å². The average molecular weight is 457 g/mol. The van der Waals surface area contributed by atoms with Crippen molar-refractivity contribution in [1.82, 2.24) is 19.7 Å². The maximum absolute atomic E-state index is 13.5. The Hall–Kier alpha value is -2.87. The number of hydrogen-bond acceptors (Lipinski definition) is 3. The molecule has 1 aromatic carbocycles. The second-order valence-corrected chi connectivity index (χ2v) is 10.3. The minimum absolute atomic E-state index is 0.0433. The molecule has 3 heterocycles. The molecule has 0 unspecified atom stereocenters. The van der Waals surface area contributed by atoms with Gasteiger partial charge in [0.1, 0.15) is 16.3 Å². The average Bonchev–Trinajstić information content (AvgIpc) is 3.30. The van der Waals surface area contributed by atoms with Gasteiger partial charge in [-0.25, -0.2) is 9.18 Å². The number of urea groups is 1. The molecule has 6 nitrogen and oxygen atoms in total. The highest BCUT2D eigenvalue weighted by Crippen LogP contribution is 2.28. The molecular formula is C24H29FN4O2S. The molecule has 3 aromatic rings. The normalized spacial score (nSPS) is 17.1. The van der Waals surface area contributed by atoms with Crippen LogP contribution in [0.1, 0.15) is 43.7 Å². The number of thiophene rings is 1. The monoisotopic (exact) mass is 456 g/mol. The Morgan fingerprint density at radius 3 is 2.53 bits per heavy atom. The summed E-state index contributed by atoms with van der Waals surface area (Å²) in [6, 6.07) is 10.1. The van der Waals surface area contributed by atoms with E-state index in [1.54, 1.807) is 28.4 Å². The molecule has 1 atom stereocenters. The van der Waals surface area contributed by atoms with E-state index in [-0.39, 0.29) is 29.3 Å². The Bertz CT molecular complexity index is 1130. The van der Waals surface area contributed by atoms with Crippen molar-refractivity contribution in [2.75, 3.05) is 19.6 Å². The van der Waals surface area contributed by atoms with Gasteiger partial charge in [0, 0.05) is 43.1 Å². The topological polar surface area (TPSA) is 57.6 Å². The molecular weight excluding hydrogens is 427 g/mol. The third-order valence-electron chi connectivity index (χ3n) is 5.63. The number of benzene rings is 1. The molecule has 0 radical (unpaired) electrons. The third kappa shape index (κ3) is 4.65. The van der Waals surface area contributed by atoms with E-state index in [9.17, 15) is 14.0 Å². The van der Waals surface area contributed by atoms with Gasteiger partial charge in [0.15, 0.2) is 0 Å². The predicted octanol–water partition coefficient (Wildman–Crippen LogP) is 4.54. The summed E-state index contributed by atoms with van der Waals surface area (Å²) < 4.78 is 15.4. The maximum atomic E-state index is 13.5. The van der Waals surface area contributed by atoms with Crippen LogP contribution in [0.2, 0.25) is 0 Å². The van der Waals surface area contributed by atoms with Crippen molar-refractivity contribution in [3.63, 3.8) is 0 Å². The standard InChI is InChI=1S/C24H29FN4O2S/c1-16-14-27(10-11-28(16)23(31)26-24(2,3)4)21(30)20-13-18-9-12-32-22(18)29(20)15-17-5-7-19(25)8-6-17/h5-9,12-13,16H,10-11,14-15H2,1-4H3,(H,26,31)/t16-/m1/s1. The molecule has 0 saturated carbocycles. The van der Waals surface area contributed by atoms with Crippen LogP contribution < -0.4 is 5.32 Å². The van der Waals surface area contributed by atoms with Crippen molar-refractivity contribution in [2.45, 2.75) is 45.8 Å². The van der Waals surface area contributed by atoms with Crippen LogP contribution in [-0.2, 0) is 6.54 Å². The third-order valence-corrected chi connectivity index (χ3v) is 6.58. The highest BCUT2D eigenvalue weighted by Gasteiger charge is 2.32. The first-order chi connectivity index (χ1) is 15.1. The van der Waals surface area contributed by atoms with Gasteiger partial charge in [-0.2, -0.15) is 0 Å². The van der Waals surface area contributed by atoms with Gasteiger partial charge < -0.3 is 19.7 Å². The minimum Gasteiger partial charge on any atom is -0.334 e. The predicted molar refractivity (Wildman–Crippen MR) is 126 cm³/mol. The summed E-state index contributed by atoms with van der Waals surface area (Å²) in [6.07, 6.45) is 0. The largest absolute Gasteiger partial charge is 0.334 e. The van der Waals surface area contributed by atoms with Crippen molar-refractivity contribution in [3.8, 4) is 0 Å². The van der Waals surface area contributed by atoms with E-state index in [0.717, 1.165) is 15.8 Å². The number of carbonyl (C=O) groups is 2. The highest BCUT2D eigenvalue weighted by molar-refractivity contribution is 7.16. The summed E-state index contributed by atoms with van der Waals surface area (Å²) in [7, 11) is 0. The Labute approximate surface area is 191 Å². The zero-order valence-electron chi connectivity index (χ0n) is 18.9. The number of carbonyl (C=O) groups excluding carboxylic acids is 2. The van der Waals surface area contributed by atoms with E-state index in [1.165, 1.54) is 12.1 Å². The van der Waals surface area contributed by atoms with Gasteiger partial charge in [0.05, 0.1) is 0 Å². The molecule has 0 spiro atoms. The fraction of sp³-hybridized carbons (Fsp3) is 0.417. The molecule has 1 aliphatic heterocycles. The fourth-order valence-electron chi connectivity index (χ4n) is 4.08. The molecule has 4 rings (SSSR count). The number of hydrogen-bond donors (Lipinski definition) is 1. The second-order valence-electron chi connectivity index (χ2n) is 9.40. The zero-order chi connectivity index (χ0) is 23.0. The van der Waals surface area contributed by atoms with Crippen LogP contribution in [0, 0.1) is 5.82 Å². The number of fused-ring (bicyclic) bond motifs is 1. The summed E-state index contributed by atoms with van der Waals surface area (Å²) in [5.74, 6) is -0.320. The highest BCUT2D eigenvalue weighted by atomic mass is 32.1. The molecule has 3 amide bonds.